The van der Waals surface area contributed by atoms with E-state index in [2.05, 4.69) is 22.9 Å². The van der Waals surface area contributed by atoms with Gasteiger partial charge < -0.3 is 14.7 Å². The number of morpholine rings is 1. The maximum Gasteiger partial charge on any atom is 0.101 e. The summed E-state index contributed by atoms with van der Waals surface area (Å²) in [5, 5.41) is 11.0. The second-order valence-corrected chi connectivity index (χ2v) is 6.57. The van der Waals surface area contributed by atoms with Crippen LogP contribution >= 0.6 is 15.9 Å². The third kappa shape index (κ3) is 4.29. The van der Waals surface area contributed by atoms with Gasteiger partial charge in [0.05, 0.1) is 25.4 Å². The highest BCUT2D eigenvalue weighted by molar-refractivity contribution is 9.10. The van der Waals surface area contributed by atoms with Crippen molar-refractivity contribution in [3.05, 3.63) is 34.3 Å². The van der Waals surface area contributed by atoms with Gasteiger partial charge in [-0.15, -0.1) is 0 Å². The Bertz CT molecular complexity index is 403. The molecule has 2 N–H and O–H groups in total. The van der Waals surface area contributed by atoms with E-state index in [1.165, 1.54) is 0 Å². The molecule has 0 radical (unpaired) electrons. The molecule has 1 heterocycles. The third-order valence-electron chi connectivity index (χ3n) is 4.14. The van der Waals surface area contributed by atoms with Crippen LogP contribution in [0.4, 0.5) is 0 Å². The van der Waals surface area contributed by atoms with E-state index < -0.39 is 5.60 Å². The van der Waals surface area contributed by atoms with Gasteiger partial charge in [0.1, 0.15) is 13.1 Å². The average molecular weight is 343 g/mol. The first-order valence-electron chi connectivity index (χ1n) is 7.54. The SMILES string of the molecule is CCC[C@](O)(CC[NH+]1CCOCC1)c1ccc(Br)cc1. The lowest BCUT2D eigenvalue weighted by Gasteiger charge is -2.31. The quantitative estimate of drug-likeness (QED) is 0.825. The highest BCUT2D eigenvalue weighted by Crippen LogP contribution is 2.30. The van der Waals surface area contributed by atoms with Gasteiger partial charge >= 0.3 is 0 Å². The smallest absolute Gasteiger partial charge is 0.101 e. The Balaban J connectivity index is 2.02. The second-order valence-electron chi connectivity index (χ2n) is 5.65. The molecule has 4 heteroatoms. The Kier molecular flexibility index (Phi) is 6.02. The van der Waals surface area contributed by atoms with Crippen LogP contribution in [0.5, 0.6) is 0 Å². The predicted octanol–water partition coefficient (Wildman–Crippen LogP) is 1.74. The predicted molar refractivity (Wildman–Crippen MR) is 83.9 cm³/mol. The van der Waals surface area contributed by atoms with Crippen LogP contribution < -0.4 is 4.90 Å². The van der Waals surface area contributed by atoms with E-state index in [1.807, 2.05) is 24.3 Å². The van der Waals surface area contributed by atoms with Crippen molar-refractivity contribution in [2.24, 2.45) is 0 Å². The summed E-state index contributed by atoms with van der Waals surface area (Å²) in [5.41, 5.74) is 0.344. The minimum Gasteiger partial charge on any atom is -0.385 e. The standard InChI is InChI=1S/C16H24BrNO2/c1-2-7-16(19,14-3-5-15(17)6-4-14)8-9-18-10-12-20-13-11-18/h3-6,19H,2,7-13H2,1H3/p+1/t16-/m0/s1. The zero-order valence-corrected chi connectivity index (χ0v) is 13.8. The summed E-state index contributed by atoms with van der Waals surface area (Å²) in [4.78, 5) is 1.54. The summed E-state index contributed by atoms with van der Waals surface area (Å²) < 4.78 is 6.44. The third-order valence-corrected chi connectivity index (χ3v) is 4.67. The van der Waals surface area contributed by atoms with Gasteiger partial charge in [-0.1, -0.05) is 41.4 Å². The number of rotatable bonds is 6. The molecule has 112 valence electrons. The van der Waals surface area contributed by atoms with E-state index in [0.717, 1.165) is 62.1 Å². The number of aliphatic hydroxyl groups is 1. The Hall–Kier alpha value is -0.420. The lowest BCUT2D eigenvalue weighted by Crippen LogP contribution is -3.14. The van der Waals surface area contributed by atoms with Crippen molar-refractivity contribution in [2.75, 3.05) is 32.8 Å². The molecule has 1 saturated heterocycles. The molecule has 0 saturated carbocycles. The first-order chi connectivity index (χ1) is 9.64. The van der Waals surface area contributed by atoms with Crippen LogP contribution in [0.3, 0.4) is 0 Å². The summed E-state index contributed by atoms with van der Waals surface area (Å²) >= 11 is 3.45. The van der Waals surface area contributed by atoms with E-state index in [1.54, 1.807) is 4.90 Å². The highest BCUT2D eigenvalue weighted by Gasteiger charge is 2.30. The molecule has 0 amide bonds. The van der Waals surface area contributed by atoms with Crippen molar-refractivity contribution >= 4 is 15.9 Å². The molecule has 1 atom stereocenters. The van der Waals surface area contributed by atoms with Crippen LogP contribution in [-0.4, -0.2) is 38.0 Å². The van der Waals surface area contributed by atoms with Crippen molar-refractivity contribution in [2.45, 2.75) is 31.8 Å². The van der Waals surface area contributed by atoms with E-state index >= 15 is 0 Å². The molecule has 0 bridgehead atoms. The molecule has 0 unspecified atom stereocenters. The Morgan fingerprint density at radius 3 is 2.45 bits per heavy atom. The zero-order chi connectivity index (χ0) is 14.4. The second kappa shape index (κ2) is 7.55. The molecule has 0 aliphatic carbocycles. The van der Waals surface area contributed by atoms with E-state index in [4.69, 9.17) is 4.74 Å². The topological polar surface area (TPSA) is 33.9 Å². The number of halogens is 1. The molecule has 20 heavy (non-hydrogen) atoms. The number of nitrogens with one attached hydrogen (secondary N) is 1. The van der Waals surface area contributed by atoms with Gasteiger partial charge in [0.15, 0.2) is 0 Å². The fraction of sp³-hybridized carbons (Fsp3) is 0.625. The summed E-state index contributed by atoms with van der Waals surface area (Å²) in [6.07, 6.45) is 2.63. The maximum atomic E-state index is 11.0. The number of hydrogen-bond donors (Lipinski definition) is 2. The first-order valence-corrected chi connectivity index (χ1v) is 8.33. The van der Waals surface area contributed by atoms with E-state index in [0.29, 0.717) is 0 Å². The van der Waals surface area contributed by atoms with Gasteiger partial charge in [-0.2, -0.15) is 0 Å². The number of hydrogen-bond acceptors (Lipinski definition) is 2. The Labute approximate surface area is 130 Å². The van der Waals surface area contributed by atoms with Crippen LogP contribution in [0.25, 0.3) is 0 Å². The van der Waals surface area contributed by atoms with Crippen molar-refractivity contribution in [3.8, 4) is 0 Å². The van der Waals surface area contributed by atoms with Crippen LogP contribution in [0, 0.1) is 0 Å². The minimum atomic E-state index is -0.694. The van der Waals surface area contributed by atoms with Gasteiger partial charge in [-0.25, -0.2) is 0 Å². The molecule has 1 aliphatic rings. The van der Waals surface area contributed by atoms with Crippen LogP contribution in [0.2, 0.25) is 0 Å². The van der Waals surface area contributed by atoms with Crippen molar-refractivity contribution < 1.29 is 14.7 Å². The van der Waals surface area contributed by atoms with Crippen LogP contribution in [-0.2, 0) is 10.3 Å². The lowest BCUT2D eigenvalue weighted by atomic mass is 9.86. The summed E-state index contributed by atoms with van der Waals surface area (Å²) in [6, 6.07) is 8.10. The summed E-state index contributed by atoms with van der Waals surface area (Å²) in [7, 11) is 0. The molecule has 3 nitrogen and oxygen atoms in total. The van der Waals surface area contributed by atoms with Crippen molar-refractivity contribution in [1.29, 1.82) is 0 Å². The molecule has 0 aromatic heterocycles. The molecule has 1 fully saturated rings. The van der Waals surface area contributed by atoms with Gasteiger partial charge in [-0.3, -0.25) is 0 Å². The maximum absolute atomic E-state index is 11.0. The number of quaternary nitrogens is 1. The van der Waals surface area contributed by atoms with Gasteiger partial charge in [0, 0.05) is 10.9 Å². The molecule has 1 aliphatic heterocycles. The molecule has 1 aromatic rings. The minimum absolute atomic E-state index is 0.694. The highest BCUT2D eigenvalue weighted by atomic mass is 79.9. The zero-order valence-electron chi connectivity index (χ0n) is 12.2. The van der Waals surface area contributed by atoms with E-state index in [-0.39, 0.29) is 0 Å². The summed E-state index contributed by atoms with van der Waals surface area (Å²) in [5.74, 6) is 0. The monoisotopic (exact) mass is 342 g/mol. The summed E-state index contributed by atoms with van der Waals surface area (Å²) in [6.45, 7) is 6.95. The number of ether oxygens (including phenoxy) is 1. The fourth-order valence-corrected chi connectivity index (χ4v) is 3.15. The molecular formula is C16H25BrNO2+. The Morgan fingerprint density at radius 2 is 1.85 bits per heavy atom. The van der Waals surface area contributed by atoms with Crippen molar-refractivity contribution in [3.63, 3.8) is 0 Å². The molecule has 2 rings (SSSR count). The van der Waals surface area contributed by atoms with Crippen molar-refractivity contribution in [1.82, 2.24) is 0 Å². The normalized spacial score (nSPS) is 19.8. The first kappa shape index (κ1) is 16.0. The van der Waals surface area contributed by atoms with Gasteiger partial charge in [0.25, 0.3) is 0 Å². The van der Waals surface area contributed by atoms with Gasteiger partial charge in [-0.05, 0) is 24.1 Å². The number of benzene rings is 1. The average Bonchev–Trinajstić information content (AvgIpc) is 2.47. The lowest BCUT2D eigenvalue weighted by molar-refractivity contribution is -0.909. The van der Waals surface area contributed by atoms with Crippen LogP contribution in [0.1, 0.15) is 31.7 Å². The largest absolute Gasteiger partial charge is 0.385 e. The molecule has 1 aromatic carbocycles. The van der Waals surface area contributed by atoms with E-state index in [9.17, 15) is 5.11 Å². The van der Waals surface area contributed by atoms with Gasteiger partial charge in [0.2, 0.25) is 0 Å². The Morgan fingerprint density at radius 1 is 1.20 bits per heavy atom. The molecular weight excluding hydrogens is 318 g/mol. The fourth-order valence-electron chi connectivity index (χ4n) is 2.88. The molecule has 0 spiro atoms. The van der Waals surface area contributed by atoms with Crippen LogP contribution in [0.15, 0.2) is 28.7 Å².